The highest BCUT2D eigenvalue weighted by Gasteiger charge is 2.20. The van der Waals surface area contributed by atoms with E-state index in [1.807, 2.05) is 20.8 Å². The second-order valence-corrected chi connectivity index (χ2v) is 7.07. The Balaban J connectivity index is 1.88. The number of hydrogen-bond acceptors (Lipinski definition) is 4. The Morgan fingerprint density at radius 3 is 2.33 bits per heavy atom. The second kappa shape index (κ2) is 8.93. The van der Waals surface area contributed by atoms with Crippen molar-refractivity contribution in [3.63, 3.8) is 0 Å². The van der Waals surface area contributed by atoms with Crippen LogP contribution >= 0.6 is 0 Å². The van der Waals surface area contributed by atoms with Gasteiger partial charge in [0.25, 0.3) is 5.91 Å². The second-order valence-electron chi connectivity index (χ2n) is 7.07. The summed E-state index contributed by atoms with van der Waals surface area (Å²) >= 11 is 0. The average Bonchev–Trinajstić information content (AvgIpc) is 2.62. The Bertz CT molecular complexity index is 813. The molecule has 0 atom stereocenters. The molecule has 7 nitrogen and oxygen atoms in total. The van der Waals surface area contributed by atoms with Gasteiger partial charge in [-0.2, -0.15) is 0 Å². The minimum atomic E-state index is -0.493. The van der Waals surface area contributed by atoms with Crippen LogP contribution in [0.4, 0.5) is 11.4 Å². The van der Waals surface area contributed by atoms with Gasteiger partial charge >= 0.3 is 0 Å². The predicted molar refractivity (Wildman–Crippen MR) is 104 cm³/mol. The number of aromatic nitrogens is 1. The molecule has 0 unspecified atom stereocenters. The molecule has 1 aromatic heterocycles. The zero-order valence-corrected chi connectivity index (χ0v) is 15.7. The maximum absolute atomic E-state index is 12.3. The molecule has 1 heterocycles. The van der Waals surface area contributed by atoms with Crippen molar-refractivity contribution in [3.05, 3.63) is 54.4 Å². The summed E-state index contributed by atoms with van der Waals surface area (Å²) in [5.74, 6) is -0.629. The van der Waals surface area contributed by atoms with Crippen molar-refractivity contribution in [2.45, 2.75) is 27.2 Å². The number of nitrogens with zero attached hydrogens (tertiary/aromatic N) is 1. The molecule has 7 heteroatoms. The molecule has 2 rings (SSSR count). The molecule has 1 aromatic carbocycles. The monoisotopic (exact) mass is 368 g/mol. The zero-order chi connectivity index (χ0) is 19.9. The third-order valence-corrected chi connectivity index (χ3v) is 3.67. The fraction of sp³-hybridized carbons (Fsp3) is 0.300. The Hall–Kier alpha value is -3.22. The molecule has 27 heavy (non-hydrogen) atoms. The fourth-order valence-electron chi connectivity index (χ4n) is 2.15. The molecule has 0 saturated carbocycles. The normalized spacial score (nSPS) is 10.8. The summed E-state index contributed by atoms with van der Waals surface area (Å²) in [7, 11) is 0. The van der Waals surface area contributed by atoms with Crippen LogP contribution in [0.2, 0.25) is 0 Å². The van der Waals surface area contributed by atoms with E-state index in [0.29, 0.717) is 16.9 Å². The van der Waals surface area contributed by atoms with Crippen LogP contribution in [-0.2, 0) is 9.59 Å². The van der Waals surface area contributed by atoms with Gasteiger partial charge in [-0.3, -0.25) is 19.4 Å². The topological polar surface area (TPSA) is 100 Å². The molecule has 0 aliphatic rings. The number of anilines is 2. The quantitative estimate of drug-likeness (QED) is 0.730. The van der Waals surface area contributed by atoms with Crippen LogP contribution in [0.1, 0.15) is 37.6 Å². The lowest BCUT2D eigenvalue weighted by Gasteiger charge is -2.17. The molecular formula is C20H24N4O3. The van der Waals surface area contributed by atoms with Crippen molar-refractivity contribution in [1.29, 1.82) is 0 Å². The molecule has 0 aliphatic carbocycles. The molecule has 0 fully saturated rings. The van der Waals surface area contributed by atoms with Gasteiger partial charge in [0.15, 0.2) is 0 Å². The number of benzene rings is 1. The Labute approximate surface area is 158 Å². The molecule has 0 saturated heterocycles. The van der Waals surface area contributed by atoms with Gasteiger partial charge in [0, 0.05) is 47.7 Å². The van der Waals surface area contributed by atoms with Crippen LogP contribution in [0.25, 0.3) is 0 Å². The van der Waals surface area contributed by atoms with Crippen molar-refractivity contribution >= 4 is 29.1 Å². The minimum Gasteiger partial charge on any atom is -0.355 e. The molecule has 142 valence electrons. The number of nitrogens with one attached hydrogen (secondary N) is 3. The smallest absolute Gasteiger partial charge is 0.255 e. The van der Waals surface area contributed by atoms with Crippen LogP contribution in [-0.4, -0.2) is 29.3 Å². The first kappa shape index (κ1) is 20.1. The maximum atomic E-state index is 12.3. The van der Waals surface area contributed by atoms with E-state index in [9.17, 15) is 14.4 Å². The van der Waals surface area contributed by atoms with Gasteiger partial charge in [0.05, 0.1) is 0 Å². The van der Waals surface area contributed by atoms with E-state index in [2.05, 4.69) is 20.9 Å². The Morgan fingerprint density at radius 2 is 1.67 bits per heavy atom. The van der Waals surface area contributed by atoms with E-state index in [-0.39, 0.29) is 30.7 Å². The van der Waals surface area contributed by atoms with Crippen LogP contribution < -0.4 is 16.0 Å². The van der Waals surface area contributed by atoms with Crippen molar-refractivity contribution in [2.75, 3.05) is 17.2 Å². The van der Waals surface area contributed by atoms with Crippen molar-refractivity contribution in [2.24, 2.45) is 5.41 Å². The highest BCUT2D eigenvalue weighted by Crippen LogP contribution is 2.14. The van der Waals surface area contributed by atoms with E-state index in [0.717, 1.165) is 0 Å². The van der Waals surface area contributed by atoms with E-state index in [1.165, 1.54) is 0 Å². The fourth-order valence-corrected chi connectivity index (χ4v) is 2.15. The molecule has 3 N–H and O–H groups in total. The molecule has 0 aliphatic heterocycles. The van der Waals surface area contributed by atoms with Crippen LogP contribution in [0.3, 0.4) is 0 Å². The van der Waals surface area contributed by atoms with Crippen molar-refractivity contribution in [3.8, 4) is 0 Å². The molecule has 0 bridgehead atoms. The molecule has 3 amide bonds. The van der Waals surface area contributed by atoms with Gasteiger partial charge < -0.3 is 16.0 Å². The van der Waals surface area contributed by atoms with E-state index in [4.69, 9.17) is 0 Å². The summed E-state index contributed by atoms with van der Waals surface area (Å²) < 4.78 is 0. The van der Waals surface area contributed by atoms with Gasteiger partial charge in [0.1, 0.15) is 0 Å². The number of carbonyl (C=O) groups excluding carboxylic acids is 3. The predicted octanol–water partition coefficient (Wildman–Crippen LogP) is 2.82. The van der Waals surface area contributed by atoms with Crippen molar-refractivity contribution in [1.82, 2.24) is 10.3 Å². The largest absolute Gasteiger partial charge is 0.355 e. The lowest BCUT2D eigenvalue weighted by molar-refractivity contribution is -0.128. The van der Waals surface area contributed by atoms with E-state index in [1.54, 1.807) is 48.8 Å². The molecule has 0 spiro atoms. The highest BCUT2D eigenvalue weighted by molar-refractivity contribution is 6.05. The van der Waals surface area contributed by atoms with Gasteiger partial charge in [-0.25, -0.2) is 0 Å². The minimum absolute atomic E-state index is 0.106. The molecule has 2 aromatic rings. The number of hydrogen-bond donors (Lipinski definition) is 3. The van der Waals surface area contributed by atoms with E-state index < -0.39 is 5.41 Å². The number of carbonyl (C=O) groups is 3. The highest BCUT2D eigenvalue weighted by atomic mass is 16.2. The summed E-state index contributed by atoms with van der Waals surface area (Å²) in [4.78, 5) is 40.0. The lowest BCUT2D eigenvalue weighted by Crippen LogP contribution is -2.36. The summed E-state index contributed by atoms with van der Waals surface area (Å²) in [6, 6.07) is 10.0. The summed E-state index contributed by atoms with van der Waals surface area (Å²) in [5, 5.41) is 8.22. The summed E-state index contributed by atoms with van der Waals surface area (Å²) in [5.41, 5.74) is 1.08. The number of pyridine rings is 1. The van der Waals surface area contributed by atoms with Gasteiger partial charge in [0.2, 0.25) is 11.8 Å². The number of amides is 3. The molecular weight excluding hydrogens is 344 g/mol. The zero-order valence-electron chi connectivity index (χ0n) is 15.7. The van der Waals surface area contributed by atoms with Gasteiger partial charge in [-0.05, 0) is 30.3 Å². The molecule has 0 radical (unpaired) electrons. The third kappa shape index (κ3) is 6.54. The van der Waals surface area contributed by atoms with Crippen LogP contribution in [0.5, 0.6) is 0 Å². The van der Waals surface area contributed by atoms with Crippen LogP contribution in [0, 0.1) is 5.41 Å². The van der Waals surface area contributed by atoms with Gasteiger partial charge in [-0.15, -0.1) is 0 Å². The SMILES string of the molecule is CC(C)(C)C(=O)NCCC(=O)Nc1cccc(C(=O)Nc2ccncc2)c1. The third-order valence-electron chi connectivity index (χ3n) is 3.67. The maximum Gasteiger partial charge on any atom is 0.255 e. The van der Waals surface area contributed by atoms with Gasteiger partial charge in [-0.1, -0.05) is 26.8 Å². The van der Waals surface area contributed by atoms with Crippen LogP contribution in [0.15, 0.2) is 48.8 Å². The lowest BCUT2D eigenvalue weighted by atomic mass is 9.96. The first-order chi connectivity index (χ1) is 12.8. The summed E-state index contributed by atoms with van der Waals surface area (Å²) in [6.45, 7) is 5.69. The summed E-state index contributed by atoms with van der Waals surface area (Å²) in [6.07, 6.45) is 3.32. The number of rotatable bonds is 6. The van der Waals surface area contributed by atoms with Crippen molar-refractivity contribution < 1.29 is 14.4 Å². The standard InChI is InChI=1S/C20H24N4O3/c1-20(2,3)19(27)22-12-9-17(25)23-16-6-4-5-14(13-16)18(26)24-15-7-10-21-11-8-15/h4-8,10-11,13H,9,12H2,1-3H3,(H,22,27)(H,23,25)(H,21,24,26). The Morgan fingerprint density at radius 1 is 0.963 bits per heavy atom. The Kier molecular flexibility index (Phi) is 6.65. The first-order valence-corrected chi connectivity index (χ1v) is 8.65. The van der Waals surface area contributed by atoms with E-state index >= 15 is 0 Å². The first-order valence-electron chi connectivity index (χ1n) is 8.65. The average molecular weight is 368 g/mol.